The molecular weight excluding hydrogens is 236 g/mol. The van der Waals surface area contributed by atoms with E-state index in [1.165, 1.54) is 5.56 Å². The summed E-state index contributed by atoms with van der Waals surface area (Å²) in [6, 6.07) is 11.6. The Kier molecular flexibility index (Phi) is 3.74. The van der Waals surface area contributed by atoms with Crippen LogP contribution in [0.3, 0.4) is 0 Å². The Balaban J connectivity index is 2.09. The molecule has 19 heavy (non-hydrogen) atoms. The number of anilines is 1. The van der Waals surface area contributed by atoms with Gasteiger partial charge in [0.2, 0.25) is 5.88 Å². The van der Waals surface area contributed by atoms with Gasteiger partial charge in [-0.3, -0.25) is 0 Å². The molecule has 0 radical (unpaired) electrons. The number of hydrogen-bond acceptors (Lipinski definition) is 3. The number of benzene rings is 1. The molecule has 0 saturated carbocycles. The second kappa shape index (κ2) is 5.31. The molecule has 0 bridgehead atoms. The molecule has 3 nitrogen and oxygen atoms in total. The third-order valence-electron chi connectivity index (χ3n) is 2.67. The van der Waals surface area contributed by atoms with E-state index < -0.39 is 0 Å². The second-order valence-electron chi connectivity index (χ2n) is 5.88. The average molecular weight is 256 g/mol. The SMILES string of the molecule is CC(C)(C)Cc1ccc(Oc2ncccc2N)cc1. The Labute approximate surface area is 114 Å². The molecule has 0 aliphatic carbocycles. The van der Waals surface area contributed by atoms with Gasteiger partial charge in [-0.25, -0.2) is 4.98 Å². The van der Waals surface area contributed by atoms with E-state index in [2.05, 4.69) is 37.9 Å². The van der Waals surface area contributed by atoms with Crippen LogP contribution < -0.4 is 10.5 Å². The highest BCUT2D eigenvalue weighted by Crippen LogP contribution is 2.26. The fourth-order valence-corrected chi connectivity index (χ4v) is 1.89. The average Bonchev–Trinajstić information content (AvgIpc) is 2.33. The summed E-state index contributed by atoms with van der Waals surface area (Å²) in [7, 11) is 0. The van der Waals surface area contributed by atoms with Crippen LogP contribution in [0.4, 0.5) is 5.69 Å². The van der Waals surface area contributed by atoms with Gasteiger partial charge in [0.25, 0.3) is 0 Å². The minimum atomic E-state index is 0.286. The molecule has 1 aromatic heterocycles. The Morgan fingerprint density at radius 3 is 2.37 bits per heavy atom. The van der Waals surface area contributed by atoms with Gasteiger partial charge in [0.15, 0.2) is 0 Å². The molecule has 0 atom stereocenters. The quantitative estimate of drug-likeness (QED) is 0.901. The van der Waals surface area contributed by atoms with Crippen LogP contribution in [0.2, 0.25) is 0 Å². The number of aromatic nitrogens is 1. The normalized spacial score (nSPS) is 11.3. The van der Waals surface area contributed by atoms with Gasteiger partial charge in [-0.2, -0.15) is 0 Å². The van der Waals surface area contributed by atoms with Crippen molar-refractivity contribution in [2.75, 3.05) is 5.73 Å². The summed E-state index contributed by atoms with van der Waals surface area (Å²) in [5, 5.41) is 0. The third-order valence-corrected chi connectivity index (χ3v) is 2.67. The van der Waals surface area contributed by atoms with Crippen molar-refractivity contribution >= 4 is 5.69 Å². The van der Waals surface area contributed by atoms with Crippen molar-refractivity contribution in [2.45, 2.75) is 27.2 Å². The van der Waals surface area contributed by atoms with E-state index in [0.29, 0.717) is 11.6 Å². The fraction of sp³-hybridized carbons (Fsp3) is 0.312. The highest BCUT2D eigenvalue weighted by Gasteiger charge is 2.11. The highest BCUT2D eigenvalue weighted by atomic mass is 16.5. The van der Waals surface area contributed by atoms with Crippen molar-refractivity contribution in [2.24, 2.45) is 5.41 Å². The topological polar surface area (TPSA) is 48.1 Å². The number of pyridine rings is 1. The summed E-state index contributed by atoms with van der Waals surface area (Å²) < 4.78 is 5.66. The first kappa shape index (κ1) is 13.4. The van der Waals surface area contributed by atoms with Crippen LogP contribution in [-0.4, -0.2) is 4.98 Å². The summed E-state index contributed by atoms with van der Waals surface area (Å²) in [6.07, 6.45) is 2.71. The lowest BCUT2D eigenvalue weighted by atomic mass is 9.88. The first-order valence-corrected chi connectivity index (χ1v) is 6.41. The van der Waals surface area contributed by atoms with Crippen molar-refractivity contribution in [3.63, 3.8) is 0 Å². The fourth-order valence-electron chi connectivity index (χ4n) is 1.89. The smallest absolute Gasteiger partial charge is 0.242 e. The minimum absolute atomic E-state index is 0.286. The minimum Gasteiger partial charge on any atom is -0.437 e. The Hall–Kier alpha value is -2.03. The zero-order valence-electron chi connectivity index (χ0n) is 11.7. The van der Waals surface area contributed by atoms with Crippen molar-refractivity contribution < 1.29 is 4.74 Å². The molecular formula is C16H20N2O. The van der Waals surface area contributed by atoms with E-state index in [4.69, 9.17) is 10.5 Å². The van der Waals surface area contributed by atoms with E-state index in [0.717, 1.165) is 12.2 Å². The van der Waals surface area contributed by atoms with Crippen LogP contribution in [0.5, 0.6) is 11.6 Å². The summed E-state index contributed by atoms with van der Waals surface area (Å²) in [4.78, 5) is 4.11. The predicted octanol–water partition coefficient (Wildman–Crippen LogP) is 4.04. The molecule has 0 saturated heterocycles. The molecule has 0 aliphatic rings. The molecule has 1 aromatic carbocycles. The third kappa shape index (κ3) is 3.98. The van der Waals surface area contributed by atoms with E-state index in [-0.39, 0.29) is 5.41 Å². The van der Waals surface area contributed by atoms with Crippen molar-refractivity contribution in [3.8, 4) is 11.6 Å². The Morgan fingerprint density at radius 1 is 1.11 bits per heavy atom. The zero-order valence-corrected chi connectivity index (χ0v) is 11.7. The van der Waals surface area contributed by atoms with Crippen molar-refractivity contribution in [1.82, 2.24) is 4.98 Å². The zero-order chi connectivity index (χ0) is 13.9. The lowest BCUT2D eigenvalue weighted by Gasteiger charge is -2.18. The van der Waals surface area contributed by atoms with E-state index in [1.807, 2.05) is 12.1 Å². The summed E-state index contributed by atoms with van der Waals surface area (Å²) in [5.41, 5.74) is 7.92. The number of nitrogens with two attached hydrogens (primary N) is 1. The molecule has 1 heterocycles. The monoisotopic (exact) mass is 256 g/mol. The summed E-state index contributed by atoms with van der Waals surface area (Å²) in [6.45, 7) is 6.68. The maximum absolute atomic E-state index is 5.79. The molecule has 0 fully saturated rings. The summed E-state index contributed by atoms with van der Waals surface area (Å²) in [5.74, 6) is 1.20. The number of nitrogen functional groups attached to an aromatic ring is 1. The van der Waals surface area contributed by atoms with Crippen LogP contribution in [0.15, 0.2) is 42.6 Å². The summed E-state index contributed by atoms with van der Waals surface area (Å²) >= 11 is 0. The Bertz CT molecular complexity index is 541. The molecule has 2 N–H and O–H groups in total. The molecule has 0 aliphatic heterocycles. The maximum atomic E-state index is 5.79. The molecule has 2 rings (SSSR count). The number of hydrogen-bond donors (Lipinski definition) is 1. The number of ether oxygens (including phenoxy) is 1. The lowest BCUT2D eigenvalue weighted by molar-refractivity contribution is 0.410. The Morgan fingerprint density at radius 2 is 1.79 bits per heavy atom. The molecule has 0 spiro atoms. The molecule has 100 valence electrons. The standard InChI is InChI=1S/C16H20N2O/c1-16(2,3)11-12-6-8-13(9-7-12)19-15-14(17)5-4-10-18-15/h4-10H,11,17H2,1-3H3. The predicted molar refractivity (Wildman–Crippen MR) is 78.3 cm³/mol. The van der Waals surface area contributed by atoms with Gasteiger partial charge in [0.1, 0.15) is 5.75 Å². The molecule has 0 unspecified atom stereocenters. The van der Waals surface area contributed by atoms with Gasteiger partial charge in [-0.05, 0) is 41.7 Å². The first-order valence-electron chi connectivity index (χ1n) is 6.41. The van der Waals surface area contributed by atoms with Crippen molar-refractivity contribution in [1.29, 1.82) is 0 Å². The molecule has 0 amide bonds. The van der Waals surface area contributed by atoms with E-state index in [1.54, 1.807) is 18.3 Å². The van der Waals surface area contributed by atoms with E-state index in [9.17, 15) is 0 Å². The van der Waals surface area contributed by atoms with Gasteiger partial charge in [-0.15, -0.1) is 0 Å². The van der Waals surface area contributed by atoms with Crippen molar-refractivity contribution in [3.05, 3.63) is 48.2 Å². The van der Waals surface area contributed by atoms with Gasteiger partial charge in [0, 0.05) is 6.20 Å². The molecule has 2 aromatic rings. The lowest BCUT2D eigenvalue weighted by Crippen LogP contribution is -2.08. The van der Waals surface area contributed by atoms with E-state index >= 15 is 0 Å². The number of nitrogens with zero attached hydrogens (tertiary/aromatic N) is 1. The first-order chi connectivity index (χ1) is 8.94. The van der Waals surface area contributed by atoms with Crippen LogP contribution in [-0.2, 0) is 6.42 Å². The van der Waals surface area contributed by atoms with Crippen LogP contribution in [0, 0.1) is 5.41 Å². The molecule has 3 heteroatoms. The second-order valence-corrected chi connectivity index (χ2v) is 5.88. The van der Waals surface area contributed by atoms with Crippen LogP contribution in [0.25, 0.3) is 0 Å². The number of rotatable bonds is 3. The maximum Gasteiger partial charge on any atom is 0.242 e. The van der Waals surface area contributed by atoms with Gasteiger partial charge in [0.05, 0.1) is 5.69 Å². The largest absolute Gasteiger partial charge is 0.437 e. The highest BCUT2D eigenvalue weighted by molar-refractivity contribution is 5.48. The van der Waals surface area contributed by atoms with Gasteiger partial charge in [-0.1, -0.05) is 32.9 Å². The van der Waals surface area contributed by atoms with Gasteiger partial charge >= 0.3 is 0 Å². The van der Waals surface area contributed by atoms with Crippen LogP contribution >= 0.6 is 0 Å². The van der Waals surface area contributed by atoms with Crippen LogP contribution in [0.1, 0.15) is 26.3 Å². The van der Waals surface area contributed by atoms with Gasteiger partial charge < -0.3 is 10.5 Å².